The highest BCUT2D eigenvalue weighted by Gasteiger charge is 2.49. The van der Waals surface area contributed by atoms with E-state index < -0.39 is 23.5 Å². The molecule has 148 valence electrons. The van der Waals surface area contributed by atoms with E-state index in [1.807, 2.05) is 44.2 Å². The second-order valence-electron chi connectivity index (χ2n) is 6.95. The number of imide groups is 1. The Labute approximate surface area is 163 Å². The molecule has 0 saturated carbocycles. The summed E-state index contributed by atoms with van der Waals surface area (Å²) in [6, 6.07) is 8.81. The Morgan fingerprint density at radius 3 is 2.50 bits per heavy atom. The van der Waals surface area contributed by atoms with Crippen LogP contribution in [-0.2, 0) is 9.59 Å². The minimum atomic E-state index is -0.908. The first-order chi connectivity index (χ1) is 13.4. The van der Waals surface area contributed by atoms with Crippen molar-refractivity contribution < 1.29 is 14.4 Å². The minimum Gasteiger partial charge on any atom is -0.345 e. The first-order valence-electron chi connectivity index (χ1n) is 9.44. The van der Waals surface area contributed by atoms with E-state index in [0.29, 0.717) is 18.7 Å². The van der Waals surface area contributed by atoms with Crippen LogP contribution in [0.5, 0.6) is 0 Å². The SMILES string of the molecule is CCC1(CC)NC(=O)N(CC(=O)NC(C)c2ncc(-c3ccccc3)[nH]2)C1=O. The van der Waals surface area contributed by atoms with Gasteiger partial charge in [-0.15, -0.1) is 0 Å². The number of benzene rings is 1. The molecule has 0 radical (unpaired) electrons. The number of aromatic amines is 1. The molecule has 2 aromatic rings. The average Bonchev–Trinajstić information content (AvgIpc) is 3.28. The molecule has 0 spiro atoms. The maximum absolute atomic E-state index is 12.6. The van der Waals surface area contributed by atoms with Crippen molar-refractivity contribution in [3.8, 4) is 11.3 Å². The zero-order valence-electron chi connectivity index (χ0n) is 16.3. The molecular formula is C20H25N5O3. The van der Waals surface area contributed by atoms with E-state index in [0.717, 1.165) is 16.2 Å². The average molecular weight is 383 g/mol. The molecule has 8 heteroatoms. The third-order valence-electron chi connectivity index (χ3n) is 5.22. The number of imidazole rings is 1. The van der Waals surface area contributed by atoms with Crippen molar-refractivity contribution in [3.63, 3.8) is 0 Å². The zero-order valence-corrected chi connectivity index (χ0v) is 16.3. The molecule has 1 aliphatic heterocycles. The summed E-state index contributed by atoms with van der Waals surface area (Å²) in [4.78, 5) is 45.7. The fourth-order valence-electron chi connectivity index (χ4n) is 3.37. The van der Waals surface area contributed by atoms with Crippen molar-refractivity contribution in [2.45, 2.75) is 45.2 Å². The van der Waals surface area contributed by atoms with Crippen LogP contribution < -0.4 is 10.6 Å². The number of nitrogens with zero attached hydrogens (tertiary/aromatic N) is 2. The summed E-state index contributed by atoms with van der Waals surface area (Å²) in [6.45, 7) is 5.16. The molecule has 0 aliphatic carbocycles. The first kappa shape index (κ1) is 19.6. The van der Waals surface area contributed by atoms with Crippen LogP contribution in [0, 0.1) is 0 Å². The van der Waals surface area contributed by atoms with Crippen LogP contribution in [0.2, 0.25) is 0 Å². The van der Waals surface area contributed by atoms with E-state index in [-0.39, 0.29) is 12.5 Å². The van der Waals surface area contributed by atoms with E-state index in [2.05, 4.69) is 20.6 Å². The van der Waals surface area contributed by atoms with Gasteiger partial charge in [-0.05, 0) is 25.3 Å². The Morgan fingerprint density at radius 2 is 1.89 bits per heavy atom. The van der Waals surface area contributed by atoms with E-state index in [4.69, 9.17) is 0 Å². The Balaban J connectivity index is 1.63. The third kappa shape index (κ3) is 3.62. The maximum atomic E-state index is 12.6. The second-order valence-corrected chi connectivity index (χ2v) is 6.95. The van der Waals surface area contributed by atoms with Gasteiger partial charge in [-0.1, -0.05) is 44.2 Å². The van der Waals surface area contributed by atoms with Gasteiger partial charge in [0.2, 0.25) is 5.91 Å². The third-order valence-corrected chi connectivity index (χ3v) is 5.22. The van der Waals surface area contributed by atoms with Crippen LogP contribution >= 0.6 is 0 Å². The molecule has 4 amide bonds. The Kier molecular flexibility index (Phi) is 5.48. The highest BCUT2D eigenvalue weighted by Crippen LogP contribution is 2.25. The molecular weight excluding hydrogens is 358 g/mol. The lowest BCUT2D eigenvalue weighted by molar-refractivity contribution is -0.135. The number of hydrogen-bond donors (Lipinski definition) is 3. The van der Waals surface area contributed by atoms with Gasteiger partial charge in [0.25, 0.3) is 5.91 Å². The van der Waals surface area contributed by atoms with Crippen LogP contribution in [-0.4, -0.2) is 44.8 Å². The number of H-pyrrole nitrogens is 1. The number of rotatable bonds is 7. The van der Waals surface area contributed by atoms with Crippen LogP contribution in [0.15, 0.2) is 36.5 Å². The number of nitrogens with one attached hydrogen (secondary N) is 3. The quantitative estimate of drug-likeness (QED) is 0.638. The van der Waals surface area contributed by atoms with Crippen molar-refractivity contribution in [2.75, 3.05) is 6.54 Å². The fraction of sp³-hybridized carbons (Fsp3) is 0.400. The van der Waals surface area contributed by atoms with E-state index in [1.54, 1.807) is 13.1 Å². The number of carbonyl (C=O) groups excluding carboxylic acids is 3. The standard InChI is InChI=1S/C20H25N5O3/c1-4-20(5-2)18(27)25(19(28)24-20)12-16(26)22-13(3)17-21-11-15(23-17)14-9-7-6-8-10-14/h6-11,13H,4-5,12H2,1-3H3,(H,21,23)(H,22,26)(H,24,28). The summed E-state index contributed by atoms with van der Waals surface area (Å²) < 4.78 is 0. The number of urea groups is 1. The maximum Gasteiger partial charge on any atom is 0.325 e. The van der Waals surface area contributed by atoms with Gasteiger partial charge < -0.3 is 15.6 Å². The summed E-state index contributed by atoms with van der Waals surface area (Å²) >= 11 is 0. The number of hydrogen-bond acceptors (Lipinski definition) is 4. The van der Waals surface area contributed by atoms with Gasteiger partial charge in [-0.2, -0.15) is 0 Å². The Hall–Kier alpha value is -3.16. The van der Waals surface area contributed by atoms with Gasteiger partial charge >= 0.3 is 6.03 Å². The Morgan fingerprint density at radius 1 is 1.21 bits per heavy atom. The van der Waals surface area contributed by atoms with Gasteiger partial charge in [0.05, 0.1) is 17.9 Å². The zero-order chi connectivity index (χ0) is 20.3. The van der Waals surface area contributed by atoms with Crippen molar-refractivity contribution in [1.29, 1.82) is 0 Å². The lowest BCUT2D eigenvalue weighted by Crippen LogP contribution is -2.46. The van der Waals surface area contributed by atoms with Gasteiger partial charge in [0.1, 0.15) is 17.9 Å². The smallest absolute Gasteiger partial charge is 0.325 e. The topological polar surface area (TPSA) is 107 Å². The molecule has 2 heterocycles. The highest BCUT2D eigenvalue weighted by molar-refractivity contribution is 6.09. The van der Waals surface area contributed by atoms with Gasteiger partial charge in [-0.3, -0.25) is 14.5 Å². The lowest BCUT2D eigenvalue weighted by atomic mass is 9.93. The molecule has 8 nitrogen and oxygen atoms in total. The van der Waals surface area contributed by atoms with Crippen molar-refractivity contribution in [2.24, 2.45) is 0 Å². The molecule has 1 aromatic heterocycles. The van der Waals surface area contributed by atoms with Crippen LogP contribution in [0.3, 0.4) is 0 Å². The predicted molar refractivity (Wildman–Crippen MR) is 104 cm³/mol. The molecule has 1 fully saturated rings. The van der Waals surface area contributed by atoms with Crippen LogP contribution in [0.4, 0.5) is 4.79 Å². The Bertz CT molecular complexity index is 873. The molecule has 1 unspecified atom stereocenters. The molecule has 0 bridgehead atoms. The van der Waals surface area contributed by atoms with Crippen molar-refractivity contribution >= 4 is 17.8 Å². The van der Waals surface area contributed by atoms with Gasteiger partial charge in [0.15, 0.2) is 0 Å². The number of carbonyl (C=O) groups is 3. The van der Waals surface area contributed by atoms with Crippen LogP contribution in [0.1, 0.15) is 45.5 Å². The first-order valence-corrected chi connectivity index (χ1v) is 9.44. The monoisotopic (exact) mass is 383 g/mol. The molecule has 1 saturated heterocycles. The highest BCUT2D eigenvalue weighted by atomic mass is 16.2. The molecule has 3 rings (SSSR count). The van der Waals surface area contributed by atoms with Gasteiger partial charge in [-0.25, -0.2) is 9.78 Å². The van der Waals surface area contributed by atoms with E-state index in [1.165, 1.54) is 0 Å². The predicted octanol–water partition coefficient (Wildman–Crippen LogP) is 2.36. The number of aromatic nitrogens is 2. The van der Waals surface area contributed by atoms with Gasteiger partial charge in [0, 0.05) is 0 Å². The minimum absolute atomic E-state index is 0.316. The summed E-state index contributed by atoms with van der Waals surface area (Å²) in [5.74, 6) is -0.174. The fourth-order valence-corrected chi connectivity index (χ4v) is 3.37. The van der Waals surface area contributed by atoms with E-state index >= 15 is 0 Å². The van der Waals surface area contributed by atoms with E-state index in [9.17, 15) is 14.4 Å². The second kappa shape index (κ2) is 7.84. The number of amides is 4. The molecule has 1 aromatic carbocycles. The normalized spacial score (nSPS) is 16.8. The molecule has 1 aliphatic rings. The summed E-state index contributed by atoms with van der Waals surface area (Å²) in [5.41, 5.74) is 0.935. The van der Waals surface area contributed by atoms with Crippen molar-refractivity contribution in [1.82, 2.24) is 25.5 Å². The molecule has 28 heavy (non-hydrogen) atoms. The van der Waals surface area contributed by atoms with Crippen LogP contribution in [0.25, 0.3) is 11.3 Å². The van der Waals surface area contributed by atoms with Crippen molar-refractivity contribution in [3.05, 3.63) is 42.4 Å². The molecule has 1 atom stereocenters. The summed E-state index contributed by atoms with van der Waals surface area (Å²) in [5, 5.41) is 5.50. The lowest BCUT2D eigenvalue weighted by Gasteiger charge is -2.23. The summed E-state index contributed by atoms with van der Waals surface area (Å²) in [6.07, 6.45) is 2.68. The molecule has 3 N–H and O–H groups in total. The summed E-state index contributed by atoms with van der Waals surface area (Å²) in [7, 11) is 0. The largest absolute Gasteiger partial charge is 0.345 e.